The molecule has 0 radical (unpaired) electrons. The van der Waals surface area contributed by atoms with E-state index in [9.17, 15) is 18.4 Å². The van der Waals surface area contributed by atoms with Gasteiger partial charge in [0.05, 0.1) is 18.1 Å². The molecule has 0 saturated carbocycles. The van der Waals surface area contributed by atoms with Crippen molar-refractivity contribution in [3.8, 4) is 11.5 Å². The molecule has 1 amide bonds. The first-order valence-corrected chi connectivity index (χ1v) is 10.5. The normalized spacial score (nSPS) is 11.2. The quantitative estimate of drug-likeness (QED) is 0.488. The third kappa shape index (κ3) is 5.46. The van der Waals surface area contributed by atoms with Crippen molar-refractivity contribution in [1.29, 1.82) is 0 Å². The first-order valence-electron chi connectivity index (χ1n) is 10.5. The third-order valence-electron chi connectivity index (χ3n) is 5.11. The molecular weight excluding hydrogens is 420 g/mol. The van der Waals surface area contributed by atoms with Crippen LogP contribution in [0.3, 0.4) is 0 Å². The number of fused-ring (bicyclic) bond motifs is 1. The zero-order valence-electron chi connectivity index (χ0n) is 18.1. The molecule has 1 N–H and O–H groups in total. The zero-order chi connectivity index (χ0) is 23.1. The van der Waals surface area contributed by atoms with Gasteiger partial charge in [0.2, 0.25) is 5.91 Å². The van der Waals surface area contributed by atoms with Gasteiger partial charge in [-0.05, 0) is 42.7 Å². The summed E-state index contributed by atoms with van der Waals surface area (Å²) in [5.41, 5.74) is 2.27. The molecule has 0 fully saturated rings. The average Bonchev–Trinajstić information content (AvgIpc) is 3.03. The number of hydrogen-bond donors (Lipinski definition) is 1. The second-order valence-electron chi connectivity index (χ2n) is 7.29. The van der Waals surface area contributed by atoms with Gasteiger partial charge < -0.3 is 14.8 Å². The van der Waals surface area contributed by atoms with Gasteiger partial charge in [0.1, 0.15) is 0 Å². The van der Waals surface area contributed by atoms with E-state index in [-0.39, 0.29) is 36.1 Å². The number of halogens is 2. The lowest BCUT2D eigenvalue weighted by Gasteiger charge is -2.12. The maximum absolute atomic E-state index is 12.8. The number of para-hydroxylation sites is 2. The molecular formula is C23H27F2N3O4. The molecule has 2 aromatic carbocycles. The van der Waals surface area contributed by atoms with Crippen molar-refractivity contribution in [3.63, 3.8) is 0 Å². The fourth-order valence-electron chi connectivity index (χ4n) is 3.64. The molecule has 0 atom stereocenters. The largest absolute Gasteiger partial charge is 0.493 e. The van der Waals surface area contributed by atoms with Crippen LogP contribution < -0.4 is 20.5 Å². The number of methoxy groups -OCH3 is 1. The Morgan fingerprint density at radius 1 is 1.06 bits per heavy atom. The van der Waals surface area contributed by atoms with E-state index in [1.54, 1.807) is 21.3 Å². The fourth-order valence-corrected chi connectivity index (χ4v) is 3.64. The zero-order valence-corrected chi connectivity index (χ0v) is 18.1. The summed E-state index contributed by atoms with van der Waals surface area (Å²) < 4.78 is 38.0. The number of aromatic nitrogens is 2. The molecule has 0 aliphatic heterocycles. The lowest BCUT2D eigenvalue weighted by molar-refractivity contribution is -0.121. The molecule has 3 aromatic rings. The van der Waals surface area contributed by atoms with Gasteiger partial charge in [-0.2, -0.15) is 8.78 Å². The molecule has 1 aromatic heterocycles. The Balaban J connectivity index is 1.58. The number of imidazole rings is 1. The van der Waals surface area contributed by atoms with Crippen molar-refractivity contribution in [1.82, 2.24) is 14.5 Å². The molecule has 0 spiro atoms. The number of rotatable bonds is 11. The van der Waals surface area contributed by atoms with Crippen LogP contribution in [0, 0.1) is 0 Å². The average molecular weight is 447 g/mol. The van der Waals surface area contributed by atoms with E-state index in [0.717, 1.165) is 23.0 Å². The van der Waals surface area contributed by atoms with Gasteiger partial charge in [-0.1, -0.05) is 25.1 Å². The number of alkyl halides is 2. The minimum absolute atomic E-state index is 0.0471. The van der Waals surface area contributed by atoms with Crippen LogP contribution in [0.5, 0.6) is 11.5 Å². The minimum atomic E-state index is -2.95. The number of aryl methyl sites for hydroxylation is 2. The molecule has 0 bridgehead atoms. The summed E-state index contributed by atoms with van der Waals surface area (Å²) in [5.74, 6) is -0.0262. The summed E-state index contributed by atoms with van der Waals surface area (Å²) in [6.07, 6.45) is 1.43. The van der Waals surface area contributed by atoms with Crippen LogP contribution in [0.2, 0.25) is 0 Å². The number of hydrogen-bond acceptors (Lipinski definition) is 4. The Morgan fingerprint density at radius 2 is 1.75 bits per heavy atom. The van der Waals surface area contributed by atoms with E-state index in [1.807, 2.05) is 31.2 Å². The van der Waals surface area contributed by atoms with Crippen LogP contribution >= 0.6 is 0 Å². The molecule has 0 aliphatic carbocycles. The van der Waals surface area contributed by atoms with Crippen LogP contribution in [0.15, 0.2) is 47.3 Å². The summed E-state index contributed by atoms with van der Waals surface area (Å²) in [6.45, 7) is 0.281. The van der Waals surface area contributed by atoms with Crippen molar-refractivity contribution in [2.45, 2.75) is 45.9 Å². The number of carbonyl (C=O) groups is 1. The van der Waals surface area contributed by atoms with Crippen molar-refractivity contribution in [3.05, 3.63) is 58.5 Å². The number of nitrogens with zero attached hydrogens (tertiary/aromatic N) is 2. The summed E-state index contributed by atoms with van der Waals surface area (Å²) >= 11 is 0. The number of amides is 1. The molecule has 7 nitrogen and oxygen atoms in total. The summed E-state index contributed by atoms with van der Waals surface area (Å²) in [5, 5.41) is 2.81. The van der Waals surface area contributed by atoms with Gasteiger partial charge in [0.15, 0.2) is 11.5 Å². The van der Waals surface area contributed by atoms with Crippen molar-refractivity contribution in [2.24, 2.45) is 0 Å². The highest BCUT2D eigenvalue weighted by Gasteiger charge is 2.14. The number of nitrogens with one attached hydrogen (secondary N) is 1. The first-order chi connectivity index (χ1) is 15.4. The predicted octanol–water partition coefficient (Wildman–Crippen LogP) is 3.57. The minimum Gasteiger partial charge on any atom is -0.493 e. The molecule has 172 valence electrons. The molecule has 9 heteroatoms. The van der Waals surface area contributed by atoms with Crippen LogP contribution in [0.1, 0.15) is 25.3 Å². The Morgan fingerprint density at radius 3 is 2.38 bits per heavy atom. The maximum atomic E-state index is 12.8. The number of carbonyl (C=O) groups excluding carboxylic acids is 1. The van der Waals surface area contributed by atoms with E-state index < -0.39 is 6.61 Å². The number of ether oxygens (including phenoxy) is 2. The van der Waals surface area contributed by atoms with E-state index in [1.165, 1.54) is 13.2 Å². The topological polar surface area (TPSA) is 74.5 Å². The highest BCUT2D eigenvalue weighted by molar-refractivity contribution is 5.78. The Hall–Kier alpha value is -3.36. The van der Waals surface area contributed by atoms with Crippen LogP contribution in [0.25, 0.3) is 11.0 Å². The maximum Gasteiger partial charge on any atom is 0.387 e. The van der Waals surface area contributed by atoms with Crippen molar-refractivity contribution in [2.75, 3.05) is 13.7 Å². The van der Waals surface area contributed by atoms with E-state index in [0.29, 0.717) is 19.5 Å². The first kappa shape index (κ1) is 23.3. The Kier molecular flexibility index (Phi) is 7.86. The molecule has 0 unspecified atom stereocenters. The van der Waals surface area contributed by atoms with E-state index in [2.05, 4.69) is 10.1 Å². The second kappa shape index (κ2) is 10.8. The summed E-state index contributed by atoms with van der Waals surface area (Å²) in [7, 11) is 1.37. The second-order valence-corrected chi connectivity index (χ2v) is 7.29. The van der Waals surface area contributed by atoms with Crippen LogP contribution in [-0.2, 0) is 24.3 Å². The third-order valence-corrected chi connectivity index (χ3v) is 5.11. The molecule has 0 saturated heterocycles. The van der Waals surface area contributed by atoms with E-state index >= 15 is 0 Å². The highest BCUT2D eigenvalue weighted by Crippen LogP contribution is 2.29. The summed E-state index contributed by atoms with van der Waals surface area (Å²) in [4.78, 5) is 25.1. The van der Waals surface area contributed by atoms with Gasteiger partial charge >= 0.3 is 12.3 Å². The van der Waals surface area contributed by atoms with Gasteiger partial charge in [0.25, 0.3) is 0 Å². The molecule has 3 rings (SSSR count). The Labute approximate surface area is 184 Å². The van der Waals surface area contributed by atoms with Crippen molar-refractivity contribution < 1.29 is 23.0 Å². The molecule has 1 heterocycles. The van der Waals surface area contributed by atoms with E-state index in [4.69, 9.17) is 4.74 Å². The molecule has 32 heavy (non-hydrogen) atoms. The monoisotopic (exact) mass is 447 g/mol. The standard InChI is InChI=1S/C23H27F2N3O4/c1-3-13-27-17-6-4-5-7-18(17)28(23(27)30)14-11-21(29)26-12-10-16-8-9-19(31-2)20(15-16)32-22(24)25/h4-9,15,22H,3,10-14H2,1-2H3,(H,26,29). The summed E-state index contributed by atoms with van der Waals surface area (Å²) in [6, 6.07) is 12.3. The molecule has 0 aliphatic rings. The van der Waals surface area contributed by atoms with Crippen molar-refractivity contribution >= 4 is 16.9 Å². The van der Waals surface area contributed by atoms with Gasteiger partial charge in [-0.25, -0.2) is 4.79 Å². The lowest BCUT2D eigenvalue weighted by Crippen LogP contribution is -2.29. The smallest absolute Gasteiger partial charge is 0.387 e. The highest BCUT2D eigenvalue weighted by atomic mass is 19.3. The SMILES string of the molecule is CCCn1c(=O)n(CCC(=O)NCCc2ccc(OC)c(OC(F)F)c2)c2ccccc21. The predicted molar refractivity (Wildman–Crippen MR) is 117 cm³/mol. The van der Waals surface area contributed by atoms with Gasteiger partial charge in [0, 0.05) is 26.1 Å². The van der Waals surface area contributed by atoms with Crippen LogP contribution in [0.4, 0.5) is 8.78 Å². The Bertz CT molecular complexity index is 1120. The van der Waals surface area contributed by atoms with Crippen LogP contribution in [-0.4, -0.2) is 35.3 Å². The van der Waals surface area contributed by atoms with Gasteiger partial charge in [-0.15, -0.1) is 0 Å². The number of benzene rings is 2. The van der Waals surface area contributed by atoms with Gasteiger partial charge in [-0.3, -0.25) is 13.9 Å². The fraction of sp³-hybridized carbons (Fsp3) is 0.391. The lowest BCUT2D eigenvalue weighted by atomic mass is 10.1.